The van der Waals surface area contributed by atoms with Crippen LogP contribution in [0.5, 0.6) is 0 Å². The van der Waals surface area contributed by atoms with Crippen LogP contribution in [0.2, 0.25) is 5.15 Å². The average molecular weight is 286 g/mol. The summed E-state index contributed by atoms with van der Waals surface area (Å²) in [7, 11) is 0. The number of aromatic nitrogens is 4. The quantitative estimate of drug-likeness (QED) is 0.856. The highest BCUT2D eigenvalue weighted by Crippen LogP contribution is 2.22. The van der Waals surface area contributed by atoms with Gasteiger partial charge in [-0.15, -0.1) is 0 Å². The van der Waals surface area contributed by atoms with Gasteiger partial charge < -0.3 is 5.32 Å². The molecule has 0 saturated heterocycles. The van der Waals surface area contributed by atoms with E-state index in [0.29, 0.717) is 16.2 Å². The van der Waals surface area contributed by atoms with Crippen LogP contribution in [0.4, 0.5) is 5.82 Å². The molecule has 2 rings (SSSR count). The van der Waals surface area contributed by atoms with Crippen molar-refractivity contribution < 1.29 is 0 Å². The lowest BCUT2D eigenvalue weighted by molar-refractivity contribution is 0.833. The molecule has 7 heteroatoms. The fourth-order valence-corrected chi connectivity index (χ4v) is 2.14. The van der Waals surface area contributed by atoms with Crippen molar-refractivity contribution in [2.24, 2.45) is 0 Å². The second-order valence-electron chi connectivity index (χ2n) is 4.11. The predicted octanol–water partition coefficient (Wildman–Crippen LogP) is 2.64. The van der Waals surface area contributed by atoms with Crippen LogP contribution in [-0.2, 0) is 0 Å². The van der Waals surface area contributed by atoms with Gasteiger partial charge in [-0.1, -0.05) is 18.5 Å². The predicted molar refractivity (Wildman–Crippen MR) is 76.6 cm³/mol. The molecule has 0 saturated carbocycles. The first-order valence-corrected chi connectivity index (χ1v) is 7.42. The molecule has 2 aromatic rings. The van der Waals surface area contributed by atoms with Gasteiger partial charge in [0.1, 0.15) is 17.3 Å². The Balaban J connectivity index is 2.21. The summed E-state index contributed by atoms with van der Waals surface area (Å²) in [6, 6.07) is 0. The molecule has 1 unspecified atom stereocenters. The standard InChI is InChI=1S/C11H16ClN5S/c1-7(18-3)4-5-13-10-8(2)9(12)16-11-14-6-15-17(10)11/h6-7,13H,4-5H2,1-3H3. The summed E-state index contributed by atoms with van der Waals surface area (Å²) in [6.07, 6.45) is 4.68. The molecule has 0 spiro atoms. The topological polar surface area (TPSA) is 55.1 Å². The van der Waals surface area contributed by atoms with Gasteiger partial charge in [0, 0.05) is 17.4 Å². The lowest BCUT2D eigenvalue weighted by atomic mass is 10.3. The summed E-state index contributed by atoms with van der Waals surface area (Å²) in [5.41, 5.74) is 0.895. The summed E-state index contributed by atoms with van der Waals surface area (Å²) in [5.74, 6) is 1.39. The summed E-state index contributed by atoms with van der Waals surface area (Å²) < 4.78 is 1.69. The molecule has 18 heavy (non-hydrogen) atoms. The normalized spacial score (nSPS) is 12.9. The van der Waals surface area contributed by atoms with E-state index in [9.17, 15) is 0 Å². The van der Waals surface area contributed by atoms with Crippen molar-refractivity contribution in [2.45, 2.75) is 25.5 Å². The Morgan fingerprint density at radius 2 is 2.33 bits per heavy atom. The fourth-order valence-electron chi connectivity index (χ4n) is 1.62. The van der Waals surface area contributed by atoms with Crippen LogP contribution in [0.25, 0.3) is 5.78 Å². The lowest BCUT2D eigenvalue weighted by Gasteiger charge is -2.13. The third kappa shape index (κ3) is 2.70. The molecule has 0 bridgehead atoms. The van der Waals surface area contributed by atoms with E-state index >= 15 is 0 Å². The Bertz CT molecular complexity index is 541. The van der Waals surface area contributed by atoms with Gasteiger partial charge in [-0.3, -0.25) is 0 Å². The van der Waals surface area contributed by atoms with Gasteiger partial charge in [0.2, 0.25) is 0 Å². The van der Waals surface area contributed by atoms with E-state index in [0.717, 1.165) is 24.3 Å². The molecule has 0 amide bonds. The van der Waals surface area contributed by atoms with Gasteiger partial charge in [0.25, 0.3) is 5.78 Å². The number of rotatable bonds is 5. The van der Waals surface area contributed by atoms with E-state index in [1.165, 1.54) is 6.33 Å². The molecule has 0 radical (unpaired) electrons. The van der Waals surface area contributed by atoms with Crippen molar-refractivity contribution in [3.05, 3.63) is 17.0 Å². The molecule has 0 aliphatic carbocycles. The van der Waals surface area contributed by atoms with Crippen LogP contribution in [0, 0.1) is 6.92 Å². The maximum atomic E-state index is 6.08. The third-order valence-electron chi connectivity index (χ3n) is 2.85. The SMILES string of the molecule is CSC(C)CCNc1c(C)c(Cl)nc2ncnn12. The molecular formula is C11H16ClN5S. The number of anilines is 1. The Morgan fingerprint density at radius 3 is 3.06 bits per heavy atom. The van der Waals surface area contributed by atoms with Gasteiger partial charge in [0.15, 0.2) is 0 Å². The smallest absolute Gasteiger partial charge is 0.255 e. The molecule has 2 heterocycles. The average Bonchev–Trinajstić information content (AvgIpc) is 2.81. The maximum absolute atomic E-state index is 6.08. The maximum Gasteiger partial charge on any atom is 0.255 e. The van der Waals surface area contributed by atoms with Crippen LogP contribution in [0.1, 0.15) is 18.9 Å². The first-order chi connectivity index (χ1) is 8.63. The minimum Gasteiger partial charge on any atom is -0.370 e. The zero-order valence-electron chi connectivity index (χ0n) is 10.6. The minimum absolute atomic E-state index is 0.468. The molecule has 0 aliphatic heterocycles. The van der Waals surface area contributed by atoms with Crippen molar-refractivity contribution in [1.29, 1.82) is 0 Å². The van der Waals surface area contributed by atoms with Gasteiger partial charge in [-0.25, -0.2) is 0 Å². The minimum atomic E-state index is 0.468. The largest absolute Gasteiger partial charge is 0.370 e. The molecule has 5 nitrogen and oxygen atoms in total. The van der Waals surface area contributed by atoms with Crippen molar-refractivity contribution in [1.82, 2.24) is 19.6 Å². The van der Waals surface area contributed by atoms with Gasteiger partial charge in [0.05, 0.1) is 0 Å². The first-order valence-electron chi connectivity index (χ1n) is 5.76. The molecule has 0 aromatic carbocycles. The molecule has 1 N–H and O–H groups in total. The third-order valence-corrected chi connectivity index (χ3v) is 4.26. The summed E-state index contributed by atoms with van der Waals surface area (Å²) in [4.78, 5) is 8.22. The van der Waals surface area contributed by atoms with Crippen LogP contribution in [-0.4, -0.2) is 37.6 Å². The highest BCUT2D eigenvalue weighted by molar-refractivity contribution is 7.99. The highest BCUT2D eigenvalue weighted by atomic mass is 35.5. The van der Waals surface area contributed by atoms with E-state index in [4.69, 9.17) is 11.6 Å². The van der Waals surface area contributed by atoms with Crippen molar-refractivity contribution in [2.75, 3.05) is 18.1 Å². The fraction of sp³-hybridized carbons (Fsp3) is 0.545. The van der Waals surface area contributed by atoms with E-state index < -0.39 is 0 Å². The Hall–Kier alpha value is -1.01. The zero-order chi connectivity index (χ0) is 13.1. The van der Waals surface area contributed by atoms with Gasteiger partial charge in [-0.05, 0) is 19.6 Å². The van der Waals surface area contributed by atoms with Crippen molar-refractivity contribution in [3.63, 3.8) is 0 Å². The molecular weight excluding hydrogens is 270 g/mol. The number of fused-ring (bicyclic) bond motifs is 1. The molecule has 2 aromatic heterocycles. The zero-order valence-corrected chi connectivity index (χ0v) is 12.2. The van der Waals surface area contributed by atoms with Gasteiger partial charge in [-0.2, -0.15) is 31.3 Å². The van der Waals surface area contributed by atoms with Gasteiger partial charge >= 0.3 is 0 Å². The second kappa shape index (κ2) is 5.75. The van der Waals surface area contributed by atoms with Crippen molar-refractivity contribution in [3.8, 4) is 0 Å². The number of nitrogens with zero attached hydrogens (tertiary/aromatic N) is 4. The molecule has 0 fully saturated rings. The van der Waals surface area contributed by atoms with E-state index in [1.807, 2.05) is 18.7 Å². The van der Waals surface area contributed by atoms with Crippen LogP contribution >= 0.6 is 23.4 Å². The number of thioether (sulfide) groups is 1. The van der Waals surface area contributed by atoms with Crippen LogP contribution in [0.15, 0.2) is 6.33 Å². The second-order valence-corrected chi connectivity index (χ2v) is 5.74. The van der Waals surface area contributed by atoms with E-state index in [2.05, 4.69) is 33.6 Å². The summed E-state index contributed by atoms with van der Waals surface area (Å²) in [5, 5.41) is 8.62. The van der Waals surface area contributed by atoms with E-state index in [1.54, 1.807) is 4.52 Å². The highest BCUT2D eigenvalue weighted by Gasteiger charge is 2.11. The molecule has 1 atom stereocenters. The van der Waals surface area contributed by atoms with Crippen LogP contribution < -0.4 is 5.32 Å². The van der Waals surface area contributed by atoms with E-state index in [-0.39, 0.29) is 0 Å². The number of nitrogens with one attached hydrogen (secondary N) is 1. The first kappa shape index (κ1) is 13.4. The number of hydrogen-bond donors (Lipinski definition) is 1. The Labute approximate surface area is 115 Å². The monoisotopic (exact) mass is 285 g/mol. The van der Waals surface area contributed by atoms with Crippen LogP contribution in [0.3, 0.4) is 0 Å². The number of hydrogen-bond acceptors (Lipinski definition) is 5. The Morgan fingerprint density at radius 1 is 1.56 bits per heavy atom. The summed E-state index contributed by atoms with van der Waals surface area (Å²) >= 11 is 7.94. The number of halogens is 1. The molecule has 98 valence electrons. The molecule has 0 aliphatic rings. The van der Waals surface area contributed by atoms with Crippen molar-refractivity contribution >= 4 is 35.0 Å². The lowest BCUT2D eigenvalue weighted by Crippen LogP contribution is -2.13. The Kier molecular flexibility index (Phi) is 4.29. The summed E-state index contributed by atoms with van der Waals surface area (Å²) in [6.45, 7) is 5.01.